The first-order chi connectivity index (χ1) is 17.7. The minimum Gasteiger partial charge on any atom is -0.454 e. The number of fused-ring (bicyclic) bond motifs is 4. The quantitative estimate of drug-likeness (QED) is 0.444. The maximum absolute atomic E-state index is 14.0. The van der Waals surface area contributed by atoms with Gasteiger partial charge in [-0.05, 0) is 47.9 Å². The molecule has 2 aromatic heterocycles. The van der Waals surface area contributed by atoms with Gasteiger partial charge in [-0.3, -0.25) is 9.69 Å². The maximum Gasteiger partial charge on any atom is 0.264 e. The van der Waals surface area contributed by atoms with E-state index < -0.39 is 0 Å². The SMILES string of the molecule is O=C(c1ccc(CN2CCOCC2)s1)N1CCc2c([nH]c3ccccc23)C1c1ccc2c(c1)OCO2. The van der Waals surface area contributed by atoms with Crippen LogP contribution in [-0.4, -0.2) is 60.3 Å². The molecule has 1 atom stereocenters. The molecule has 0 aliphatic carbocycles. The van der Waals surface area contributed by atoms with E-state index >= 15 is 0 Å². The highest BCUT2D eigenvalue weighted by molar-refractivity contribution is 7.14. The van der Waals surface area contributed by atoms with Gasteiger partial charge < -0.3 is 24.1 Å². The van der Waals surface area contributed by atoms with Crippen LogP contribution in [-0.2, 0) is 17.7 Å². The molecule has 1 amide bonds. The van der Waals surface area contributed by atoms with Crippen molar-refractivity contribution in [1.29, 1.82) is 0 Å². The minimum absolute atomic E-state index is 0.0696. The largest absolute Gasteiger partial charge is 0.454 e. The van der Waals surface area contributed by atoms with E-state index in [2.05, 4.69) is 40.2 Å². The molecule has 0 saturated carbocycles. The van der Waals surface area contributed by atoms with E-state index in [1.807, 2.05) is 29.2 Å². The first kappa shape index (κ1) is 21.9. The number of ether oxygens (including phenoxy) is 3. The fourth-order valence-corrected chi connectivity index (χ4v) is 6.59. The number of nitrogens with one attached hydrogen (secondary N) is 1. The van der Waals surface area contributed by atoms with E-state index in [1.165, 1.54) is 15.8 Å². The summed E-state index contributed by atoms with van der Waals surface area (Å²) in [5, 5.41) is 1.23. The molecule has 7 nitrogen and oxygen atoms in total. The highest BCUT2D eigenvalue weighted by Gasteiger charge is 2.36. The number of morpholine rings is 1. The van der Waals surface area contributed by atoms with Gasteiger partial charge in [0.2, 0.25) is 6.79 Å². The van der Waals surface area contributed by atoms with Crippen molar-refractivity contribution in [2.75, 3.05) is 39.6 Å². The van der Waals surface area contributed by atoms with Gasteiger partial charge in [-0.1, -0.05) is 24.3 Å². The third-order valence-electron chi connectivity index (χ3n) is 7.36. The third-order valence-corrected chi connectivity index (χ3v) is 8.42. The number of thiophene rings is 1. The number of hydrogen-bond donors (Lipinski definition) is 1. The van der Waals surface area contributed by atoms with Crippen molar-refractivity contribution in [2.24, 2.45) is 0 Å². The summed E-state index contributed by atoms with van der Waals surface area (Å²) in [4.78, 5) is 24.0. The Morgan fingerprint density at radius 3 is 2.78 bits per heavy atom. The van der Waals surface area contributed by atoms with Gasteiger partial charge in [-0.2, -0.15) is 0 Å². The fourth-order valence-electron chi connectivity index (χ4n) is 5.59. The van der Waals surface area contributed by atoms with Crippen molar-refractivity contribution >= 4 is 28.1 Å². The molecule has 7 rings (SSSR count). The predicted octanol–water partition coefficient (Wildman–Crippen LogP) is 4.58. The molecular weight excluding hydrogens is 474 g/mol. The van der Waals surface area contributed by atoms with Crippen LogP contribution in [0.1, 0.15) is 37.4 Å². The van der Waals surface area contributed by atoms with Crippen molar-refractivity contribution in [3.8, 4) is 11.5 Å². The molecule has 36 heavy (non-hydrogen) atoms. The molecule has 0 bridgehead atoms. The number of carbonyl (C=O) groups excluding carboxylic acids is 1. The molecule has 0 radical (unpaired) electrons. The Labute approximate surface area is 213 Å². The molecule has 1 saturated heterocycles. The second-order valence-corrected chi connectivity index (χ2v) is 10.6. The van der Waals surface area contributed by atoms with Crippen LogP contribution in [0.3, 0.4) is 0 Å². The van der Waals surface area contributed by atoms with Gasteiger partial charge in [0.05, 0.1) is 24.1 Å². The monoisotopic (exact) mass is 501 g/mol. The van der Waals surface area contributed by atoms with Crippen molar-refractivity contribution in [2.45, 2.75) is 19.0 Å². The Bertz CT molecular complexity index is 1440. The highest BCUT2D eigenvalue weighted by Crippen LogP contribution is 2.42. The number of carbonyl (C=O) groups is 1. The van der Waals surface area contributed by atoms with Crippen LogP contribution >= 0.6 is 11.3 Å². The van der Waals surface area contributed by atoms with E-state index in [0.29, 0.717) is 6.54 Å². The predicted molar refractivity (Wildman–Crippen MR) is 138 cm³/mol. The summed E-state index contributed by atoms with van der Waals surface area (Å²) < 4.78 is 16.7. The van der Waals surface area contributed by atoms with E-state index in [-0.39, 0.29) is 18.7 Å². The number of para-hydroxylation sites is 1. The molecule has 184 valence electrons. The summed E-state index contributed by atoms with van der Waals surface area (Å²) in [6.07, 6.45) is 0.818. The van der Waals surface area contributed by atoms with Crippen LogP contribution in [0.25, 0.3) is 10.9 Å². The maximum atomic E-state index is 14.0. The number of rotatable bonds is 4. The van der Waals surface area contributed by atoms with E-state index in [4.69, 9.17) is 14.2 Å². The van der Waals surface area contributed by atoms with Crippen LogP contribution in [0.15, 0.2) is 54.6 Å². The Kier molecular flexibility index (Phi) is 5.45. The number of hydrogen-bond acceptors (Lipinski definition) is 6. The topological polar surface area (TPSA) is 67.0 Å². The Morgan fingerprint density at radius 1 is 1.00 bits per heavy atom. The Hall–Kier alpha value is -3.33. The van der Waals surface area contributed by atoms with Gasteiger partial charge in [0.15, 0.2) is 11.5 Å². The minimum atomic E-state index is -0.229. The van der Waals surface area contributed by atoms with Crippen LogP contribution in [0, 0.1) is 0 Å². The number of aromatic nitrogens is 1. The van der Waals surface area contributed by atoms with Gasteiger partial charge in [0.25, 0.3) is 5.91 Å². The average Bonchev–Trinajstić information content (AvgIpc) is 3.66. The second-order valence-electron chi connectivity index (χ2n) is 9.48. The van der Waals surface area contributed by atoms with Crippen LogP contribution < -0.4 is 9.47 Å². The van der Waals surface area contributed by atoms with Crippen molar-refractivity contribution in [3.63, 3.8) is 0 Å². The Morgan fingerprint density at radius 2 is 1.86 bits per heavy atom. The second kappa shape index (κ2) is 8.96. The average molecular weight is 502 g/mol. The molecule has 1 fully saturated rings. The lowest BCUT2D eigenvalue weighted by Crippen LogP contribution is -2.40. The highest BCUT2D eigenvalue weighted by atomic mass is 32.1. The first-order valence-corrected chi connectivity index (χ1v) is 13.2. The molecular formula is C28H27N3O4S. The molecule has 1 N–H and O–H groups in total. The molecule has 8 heteroatoms. The molecule has 3 aliphatic heterocycles. The van der Waals surface area contributed by atoms with Gasteiger partial charge in [-0.25, -0.2) is 0 Å². The number of aromatic amines is 1. The van der Waals surface area contributed by atoms with E-state index in [1.54, 1.807) is 11.3 Å². The standard InChI is InChI=1S/C28H27N3O4S/c32-28(25-8-6-19(36-25)16-30-11-13-33-14-12-30)31-10-9-21-20-3-1-2-4-22(20)29-26(21)27(31)18-5-7-23-24(15-18)35-17-34-23/h1-8,15,27,29H,9-14,16-17H2. The molecule has 4 aromatic rings. The molecule has 0 spiro atoms. The number of nitrogens with zero attached hydrogens (tertiary/aromatic N) is 2. The van der Waals surface area contributed by atoms with Crippen molar-refractivity contribution in [3.05, 3.63) is 81.2 Å². The lowest BCUT2D eigenvalue weighted by molar-refractivity contribution is 0.0346. The molecule has 2 aromatic carbocycles. The molecule has 1 unspecified atom stereocenters. The zero-order chi connectivity index (χ0) is 24.1. The van der Waals surface area contributed by atoms with E-state index in [0.717, 1.165) is 72.4 Å². The zero-order valence-electron chi connectivity index (χ0n) is 19.9. The summed E-state index contributed by atoms with van der Waals surface area (Å²) >= 11 is 1.60. The van der Waals surface area contributed by atoms with Crippen LogP contribution in [0.4, 0.5) is 0 Å². The third kappa shape index (κ3) is 3.77. The summed E-state index contributed by atoms with van der Waals surface area (Å²) in [6.45, 7) is 5.16. The summed E-state index contributed by atoms with van der Waals surface area (Å²) in [5.41, 5.74) is 4.49. The van der Waals surface area contributed by atoms with Gasteiger partial charge in [0.1, 0.15) is 0 Å². The molecule has 5 heterocycles. The van der Waals surface area contributed by atoms with Gasteiger partial charge in [0, 0.05) is 47.7 Å². The van der Waals surface area contributed by atoms with Crippen molar-refractivity contribution < 1.29 is 19.0 Å². The summed E-state index contributed by atoms with van der Waals surface area (Å²) in [7, 11) is 0. The fraction of sp³-hybridized carbons (Fsp3) is 0.321. The number of H-pyrrole nitrogens is 1. The van der Waals surface area contributed by atoms with Gasteiger partial charge >= 0.3 is 0 Å². The number of amides is 1. The normalized spacial score (nSPS) is 19.6. The van der Waals surface area contributed by atoms with E-state index in [9.17, 15) is 4.79 Å². The smallest absolute Gasteiger partial charge is 0.264 e. The summed E-state index contributed by atoms with van der Waals surface area (Å²) in [5.74, 6) is 1.54. The lowest BCUT2D eigenvalue weighted by Gasteiger charge is -2.36. The Balaban J connectivity index is 1.25. The first-order valence-electron chi connectivity index (χ1n) is 12.4. The molecule has 3 aliphatic rings. The van der Waals surface area contributed by atoms with Crippen LogP contribution in [0.5, 0.6) is 11.5 Å². The number of benzene rings is 2. The summed E-state index contributed by atoms with van der Waals surface area (Å²) in [6, 6.07) is 18.3. The zero-order valence-corrected chi connectivity index (χ0v) is 20.7. The van der Waals surface area contributed by atoms with Gasteiger partial charge in [-0.15, -0.1) is 11.3 Å². The lowest BCUT2D eigenvalue weighted by atomic mass is 9.92. The van der Waals surface area contributed by atoms with Crippen molar-refractivity contribution in [1.82, 2.24) is 14.8 Å². The van der Waals surface area contributed by atoms with Crippen LogP contribution in [0.2, 0.25) is 0 Å².